The zero-order chi connectivity index (χ0) is 20.3. The molecule has 28 heavy (non-hydrogen) atoms. The molecule has 0 fully saturated rings. The van der Waals surface area contributed by atoms with Crippen molar-refractivity contribution in [1.29, 1.82) is 0 Å². The summed E-state index contributed by atoms with van der Waals surface area (Å²) >= 11 is 0. The van der Waals surface area contributed by atoms with Crippen LogP contribution in [-0.2, 0) is 19.1 Å². The Hall–Kier alpha value is -3.48. The fraction of sp³-hybridized carbons (Fsp3) is 0.190. The van der Waals surface area contributed by atoms with E-state index in [1.807, 2.05) is 6.07 Å². The fourth-order valence-electron chi connectivity index (χ4n) is 3.23. The van der Waals surface area contributed by atoms with Gasteiger partial charge in [0.2, 0.25) is 11.8 Å². The minimum absolute atomic E-state index is 0.0971. The van der Waals surface area contributed by atoms with Crippen LogP contribution in [0, 0.1) is 11.7 Å². The number of hydrogen-bond donors (Lipinski definition) is 1. The van der Waals surface area contributed by atoms with Crippen LogP contribution in [0.3, 0.4) is 0 Å². The molecule has 0 unspecified atom stereocenters. The lowest BCUT2D eigenvalue weighted by Gasteiger charge is -2.33. The molecule has 1 heterocycles. The molecule has 2 aromatic rings. The number of amides is 2. The lowest BCUT2D eigenvalue weighted by atomic mass is 9.88. The van der Waals surface area contributed by atoms with Crippen molar-refractivity contribution in [3.63, 3.8) is 0 Å². The van der Waals surface area contributed by atoms with E-state index in [1.54, 1.807) is 31.2 Å². The van der Waals surface area contributed by atoms with Gasteiger partial charge >= 0.3 is 5.97 Å². The number of para-hydroxylation sites is 1. The average Bonchev–Trinajstić information content (AvgIpc) is 2.69. The summed E-state index contributed by atoms with van der Waals surface area (Å²) < 4.78 is 18.1. The number of ether oxygens (including phenoxy) is 1. The largest absolute Gasteiger partial charge is 0.466 e. The van der Waals surface area contributed by atoms with Gasteiger partial charge in [0.25, 0.3) is 0 Å². The number of anilines is 2. The summed E-state index contributed by atoms with van der Waals surface area (Å²) in [6, 6.07) is 14.1. The van der Waals surface area contributed by atoms with Gasteiger partial charge in [0.1, 0.15) is 5.82 Å². The molecule has 3 rings (SSSR count). The van der Waals surface area contributed by atoms with Crippen LogP contribution in [0.2, 0.25) is 0 Å². The van der Waals surface area contributed by atoms with E-state index in [0.29, 0.717) is 11.4 Å². The first-order valence-electron chi connectivity index (χ1n) is 8.66. The van der Waals surface area contributed by atoms with Crippen LogP contribution in [0.25, 0.3) is 0 Å². The predicted octanol–water partition coefficient (Wildman–Crippen LogP) is 3.26. The van der Waals surface area contributed by atoms with E-state index in [1.165, 1.54) is 36.3 Å². The van der Waals surface area contributed by atoms with Crippen molar-refractivity contribution < 1.29 is 23.5 Å². The highest BCUT2D eigenvalue weighted by Crippen LogP contribution is 2.34. The van der Waals surface area contributed by atoms with Gasteiger partial charge in [-0.15, -0.1) is 0 Å². The molecule has 0 aliphatic carbocycles. The first-order valence-corrected chi connectivity index (χ1v) is 8.66. The smallest absolute Gasteiger partial charge is 0.336 e. The number of halogens is 1. The standard InChI is InChI=1S/C21H19FN2O4/c1-13-19(21(27)28-2)17(20(26)23-15-6-4-3-5-7-15)12-18(25)24(13)16-10-8-14(22)9-11-16/h3-11,17H,12H2,1-2H3,(H,23,26)/t17-/m1/s1. The number of esters is 1. The van der Waals surface area contributed by atoms with E-state index >= 15 is 0 Å². The SMILES string of the molecule is COC(=O)C1=C(C)N(c2ccc(F)cc2)C(=O)C[C@H]1C(=O)Nc1ccccc1. The van der Waals surface area contributed by atoms with Crippen LogP contribution in [0.1, 0.15) is 13.3 Å². The van der Waals surface area contributed by atoms with Crippen molar-refractivity contribution in [3.05, 3.63) is 71.7 Å². The number of rotatable bonds is 4. The van der Waals surface area contributed by atoms with E-state index in [0.717, 1.165) is 0 Å². The van der Waals surface area contributed by atoms with Gasteiger partial charge in [-0.2, -0.15) is 0 Å². The Morgan fingerprint density at radius 2 is 1.75 bits per heavy atom. The van der Waals surface area contributed by atoms with Crippen LogP contribution in [0.15, 0.2) is 65.9 Å². The highest BCUT2D eigenvalue weighted by Gasteiger charge is 2.40. The van der Waals surface area contributed by atoms with E-state index in [4.69, 9.17) is 4.74 Å². The van der Waals surface area contributed by atoms with Crippen molar-refractivity contribution in [2.45, 2.75) is 13.3 Å². The van der Waals surface area contributed by atoms with Crippen molar-refractivity contribution in [1.82, 2.24) is 0 Å². The summed E-state index contributed by atoms with van der Waals surface area (Å²) in [5, 5.41) is 2.72. The van der Waals surface area contributed by atoms with Crippen LogP contribution in [-0.4, -0.2) is 24.9 Å². The minimum Gasteiger partial charge on any atom is -0.466 e. The number of hydrogen-bond acceptors (Lipinski definition) is 4. The van der Waals surface area contributed by atoms with Crippen molar-refractivity contribution in [3.8, 4) is 0 Å². The lowest BCUT2D eigenvalue weighted by Crippen LogP contribution is -2.43. The maximum absolute atomic E-state index is 13.2. The number of nitrogens with zero attached hydrogens (tertiary/aromatic N) is 1. The van der Waals surface area contributed by atoms with Crippen molar-refractivity contribution in [2.24, 2.45) is 5.92 Å². The first kappa shape index (κ1) is 19.3. The van der Waals surface area contributed by atoms with Gasteiger partial charge < -0.3 is 10.1 Å². The molecule has 2 aromatic carbocycles. The van der Waals surface area contributed by atoms with Gasteiger partial charge in [0, 0.05) is 23.5 Å². The molecule has 1 atom stereocenters. The number of allylic oxidation sites excluding steroid dienone is 1. The molecular formula is C21H19FN2O4. The Kier molecular flexibility index (Phi) is 5.54. The first-order chi connectivity index (χ1) is 13.4. The minimum atomic E-state index is -0.989. The van der Waals surface area contributed by atoms with E-state index in [-0.39, 0.29) is 23.6 Å². The summed E-state index contributed by atoms with van der Waals surface area (Å²) in [6.45, 7) is 1.56. The lowest BCUT2D eigenvalue weighted by molar-refractivity contribution is -0.138. The van der Waals surface area contributed by atoms with E-state index in [9.17, 15) is 18.8 Å². The maximum atomic E-state index is 13.2. The van der Waals surface area contributed by atoms with Crippen LogP contribution >= 0.6 is 0 Å². The molecule has 7 heteroatoms. The van der Waals surface area contributed by atoms with Crippen molar-refractivity contribution in [2.75, 3.05) is 17.3 Å². The molecule has 0 saturated carbocycles. The van der Waals surface area contributed by atoms with Gasteiger partial charge in [-0.25, -0.2) is 9.18 Å². The molecule has 6 nitrogen and oxygen atoms in total. The van der Waals surface area contributed by atoms with E-state index in [2.05, 4.69) is 5.32 Å². The number of carbonyl (C=O) groups is 3. The Bertz CT molecular complexity index is 939. The third kappa shape index (κ3) is 3.78. The second-order valence-corrected chi connectivity index (χ2v) is 6.31. The van der Waals surface area contributed by atoms with Gasteiger partial charge in [0.05, 0.1) is 18.6 Å². The fourth-order valence-corrected chi connectivity index (χ4v) is 3.23. The second kappa shape index (κ2) is 8.04. The predicted molar refractivity (Wildman–Crippen MR) is 102 cm³/mol. The number of methoxy groups -OCH3 is 1. The summed E-state index contributed by atoms with van der Waals surface area (Å²) in [5.41, 5.74) is 1.35. The molecule has 0 radical (unpaired) electrons. The number of nitrogens with one attached hydrogen (secondary N) is 1. The third-order valence-corrected chi connectivity index (χ3v) is 4.55. The highest BCUT2D eigenvalue weighted by atomic mass is 19.1. The molecule has 0 aromatic heterocycles. The summed E-state index contributed by atoms with van der Waals surface area (Å²) in [5.74, 6) is -2.96. The average molecular weight is 382 g/mol. The van der Waals surface area contributed by atoms with Gasteiger partial charge in [-0.3, -0.25) is 14.5 Å². The van der Waals surface area contributed by atoms with Gasteiger partial charge in [-0.05, 0) is 43.3 Å². The highest BCUT2D eigenvalue weighted by molar-refractivity contribution is 6.10. The topological polar surface area (TPSA) is 75.7 Å². The van der Waals surface area contributed by atoms with Crippen LogP contribution in [0.5, 0.6) is 0 Å². The number of benzene rings is 2. The molecule has 1 N–H and O–H groups in total. The molecule has 0 bridgehead atoms. The summed E-state index contributed by atoms with van der Waals surface area (Å²) in [6.07, 6.45) is -0.210. The zero-order valence-electron chi connectivity index (χ0n) is 15.4. The molecule has 0 saturated heterocycles. The van der Waals surface area contributed by atoms with Gasteiger partial charge in [-0.1, -0.05) is 18.2 Å². The number of carbonyl (C=O) groups excluding carboxylic acids is 3. The Labute approximate surface area is 161 Å². The maximum Gasteiger partial charge on any atom is 0.336 e. The Morgan fingerprint density at radius 3 is 2.36 bits per heavy atom. The zero-order valence-corrected chi connectivity index (χ0v) is 15.4. The van der Waals surface area contributed by atoms with Crippen LogP contribution < -0.4 is 10.2 Å². The van der Waals surface area contributed by atoms with Crippen molar-refractivity contribution >= 4 is 29.2 Å². The molecule has 0 spiro atoms. The Balaban J connectivity index is 2.00. The van der Waals surface area contributed by atoms with E-state index < -0.39 is 23.6 Å². The third-order valence-electron chi connectivity index (χ3n) is 4.55. The molecule has 1 aliphatic heterocycles. The van der Waals surface area contributed by atoms with Crippen LogP contribution in [0.4, 0.5) is 15.8 Å². The molecular weight excluding hydrogens is 363 g/mol. The molecule has 1 aliphatic rings. The molecule has 2 amide bonds. The quantitative estimate of drug-likeness (QED) is 0.824. The monoisotopic (exact) mass is 382 g/mol. The molecule has 144 valence electrons. The Morgan fingerprint density at radius 1 is 1.11 bits per heavy atom. The normalized spacial score (nSPS) is 16.8. The summed E-state index contributed by atoms with van der Waals surface area (Å²) in [7, 11) is 1.22. The van der Waals surface area contributed by atoms with Gasteiger partial charge in [0.15, 0.2) is 0 Å². The second-order valence-electron chi connectivity index (χ2n) is 6.31. The summed E-state index contributed by atoms with van der Waals surface area (Å²) in [4.78, 5) is 39.3.